The van der Waals surface area contributed by atoms with Gasteiger partial charge in [-0.3, -0.25) is 0 Å². The zero-order chi connectivity index (χ0) is 15.0. The highest BCUT2D eigenvalue weighted by molar-refractivity contribution is 7.99. The Hall–Kier alpha value is -0.920. The molecule has 0 saturated heterocycles. The zero-order valence-electron chi connectivity index (χ0n) is 11.4. The van der Waals surface area contributed by atoms with Crippen molar-refractivity contribution in [3.05, 3.63) is 24.3 Å². The van der Waals surface area contributed by atoms with Gasteiger partial charge in [0.1, 0.15) is 0 Å². The summed E-state index contributed by atoms with van der Waals surface area (Å²) in [4.78, 5) is 2.45. The number of hydrogen-bond acceptors (Lipinski definition) is 3. The quantitative estimate of drug-likeness (QED) is 0.469. The van der Waals surface area contributed by atoms with E-state index < -0.39 is 5.76 Å². The first-order valence-corrected chi connectivity index (χ1v) is 7.37. The highest BCUT2D eigenvalue weighted by Gasteiger charge is 2.07. The van der Waals surface area contributed by atoms with E-state index in [-0.39, 0.29) is 0 Å². The molecule has 0 amide bonds. The van der Waals surface area contributed by atoms with Crippen molar-refractivity contribution in [3.63, 3.8) is 0 Å². The molecule has 0 aliphatic heterocycles. The van der Waals surface area contributed by atoms with Crippen LogP contribution in [0.5, 0.6) is 0 Å². The second kappa shape index (κ2) is 9.10. The van der Waals surface area contributed by atoms with Crippen LogP contribution in [0.25, 0.3) is 0 Å². The van der Waals surface area contributed by atoms with Crippen molar-refractivity contribution in [1.29, 1.82) is 0 Å². The molecule has 0 unspecified atom stereocenters. The Kier molecular flexibility index (Phi) is 7.79. The molecule has 0 aromatic heterocycles. The van der Waals surface area contributed by atoms with Gasteiger partial charge in [-0.05, 0) is 42.9 Å². The zero-order valence-corrected chi connectivity index (χ0v) is 13.1. The van der Waals surface area contributed by atoms with Crippen LogP contribution in [0.4, 0.5) is 14.5 Å². The van der Waals surface area contributed by atoms with Crippen molar-refractivity contribution in [2.75, 3.05) is 32.6 Å². The number of halogens is 2. The number of ether oxygens (including phenoxy) is 1. The van der Waals surface area contributed by atoms with Crippen LogP contribution in [0.15, 0.2) is 29.2 Å². The van der Waals surface area contributed by atoms with Crippen molar-refractivity contribution in [3.8, 4) is 0 Å². The van der Waals surface area contributed by atoms with Crippen LogP contribution in [-0.4, -0.2) is 43.1 Å². The summed E-state index contributed by atoms with van der Waals surface area (Å²) in [6.45, 7) is 1.48. The predicted molar refractivity (Wildman–Crippen MR) is 83.6 cm³/mol. The molecule has 1 aromatic carbocycles. The molecule has 0 bridgehead atoms. The lowest BCUT2D eigenvalue weighted by atomic mass is 10.3. The van der Waals surface area contributed by atoms with Crippen LogP contribution >= 0.6 is 24.0 Å². The summed E-state index contributed by atoms with van der Waals surface area (Å²) in [6, 6.07) is 6.76. The minimum Gasteiger partial charge on any atom is -0.385 e. The standard InChI is InChI=1S/C13H18F2N2OS2/c1-17(8-3-9-18-2)13(19)16-10-4-6-11(7-5-10)20-12(14)15/h4-7,12H,3,8-9H2,1-2H3,(H,16,19). The summed E-state index contributed by atoms with van der Waals surface area (Å²) in [5.41, 5.74) is 0.784. The Labute approximate surface area is 127 Å². The third kappa shape index (κ3) is 6.49. The van der Waals surface area contributed by atoms with Crippen molar-refractivity contribution in [2.24, 2.45) is 0 Å². The molecule has 0 aliphatic carbocycles. The van der Waals surface area contributed by atoms with E-state index in [1.807, 2.05) is 11.9 Å². The van der Waals surface area contributed by atoms with Crippen molar-refractivity contribution in [2.45, 2.75) is 17.1 Å². The number of benzene rings is 1. The Morgan fingerprint density at radius 1 is 1.40 bits per heavy atom. The molecule has 0 fully saturated rings. The number of nitrogens with one attached hydrogen (secondary N) is 1. The molecule has 7 heteroatoms. The van der Waals surface area contributed by atoms with E-state index in [0.29, 0.717) is 28.4 Å². The first-order chi connectivity index (χ1) is 9.52. The molecule has 20 heavy (non-hydrogen) atoms. The molecule has 0 aliphatic rings. The maximum absolute atomic E-state index is 12.2. The minimum atomic E-state index is -2.40. The SMILES string of the molecule is COCCCN(C)C(=S)Nc1ccc(SC(F)F)cc1. The molecule has 0 atom stereocenters. The number of nitrogens with zero attached hydrogens (tertiary/aromatic N) is 1. The highest BCUT2D eigenvalue weighted by atomic mass is 32.2. The number of alkyl halides is 2. The second-order valence-electron chi connectivity index (χ2n) is 4.10. The third-order valence-electron chi connectivity index (χ3n) is 2.52. The third-order valence-corrected chi connectivity index (χ3v) is 3.66. The number of rotatable bonds is 7. The molecule has 0 saturated carbocycles. The van der Waals surface area contributed by atoms with Crippen LogP contribution in [0, 0.1) is 0 Å². The van der Waals surface area contributed by atoms with Gasteiger partial charge in [0.15, 0.2) is 5.11 Å². The summed E-state index contributed by atoms with van der Waals surface area (Å²) in [6.07, 6.45) is 0.888. The molecular formula is C13H18F2N2OS2. The van der Waals surface area contributed by atoms with Gasteiger partial charge in [-0.15, -0.1) is 0 Å². The largest absolute Gasteiger partial charge is 0.385 e. The van der Waals surface area contributed by atoms with Crippen molar-refractivity contribution < 1.29 is 13.5 Å². The van der Waals surface area contributed by atoms with Gasteiger partial charge in [0, 0.05) is 37.9 Å². The van der Waals surface area contributed by atoms with Gasteiger partial charge < -0.3 is 15.0 Å². The Morgan fingerprint density at radius 2 is 2.05 bits per heavy atom. The Morgan fingerprint density at radius 3 is 2.60 bits per heavy atom. The molecular weight excluding hydrogens is 302 g/mol. The summed E-state index contributed by atoms with van der Waals surface area (Å²) in [7, 11) is 3.56. The lowest BCUT2D eigenvalue weighted by Crippen LogP contribution is -2.32. The number of thiocarbonyl (C=S) groups is 1. The van der Waals surface area contributed by atoms with Crippen LogP contribution in [0.2, 0.25) is 0 Å². The lowest BCUT2D eigenvalue weighted by molar-refractivity contribution is 0.189. The summed E-state index contributed by atoms with van der Waals surface area (Å²) >= 11 is 5.79. The number of hydrogen-bond donors (Lipinski definition) is 1. The van der Waals surface area contributed by atoms with Gasteiger partial charge in [-0.1, -0.05) is 11.8 Å². The second-order valence-corrected chi connectivity index (χ2v) is 5.55. The minimum absolute atomic E-state index is 0.528. The van der Waals surface area contributed by atoms with E-state index in [1.54, 1.807) is 31.4 Å². The van der Waals surface area contributed by atoms with Crippen LogP contribution in [0.1, 0.15) is 6.42 Å². The van der Waals surface area contributed by atoms with Gasteiger partial charge in [0.25, 0.3) is 5.76 Å². The predicted octanol–water partition coefficient (Wildman–Crippen LogP) is 3.67. The topological polar surface area (TPSA) is 24.5 Å². The molecule has 1 aromatic rings. The van der Waals surface area contributed by atoms with Crippen LogP contribution < -0.4 is 5.32 Å². The van der Waals surface area contributed by atoms with Crippen LogP contribution in [-0.2, 0) is 4.74 Å². The Bertz CT molecular complexity index is 415. The normalized spacial score (nSPS) is 10.7. The maximum atomic E-state index is 12.2. The summed E-state index contributed by atoms with van der Waals surface area (Å²) in [5.74, 6) is -2.40. The van der Waals surface area contributed by atoms with Crippen LogP contribution in [0.3, 0.4) is 0 Å². The van der Waals surface area contributed by atoms with E-state index in [1.165, 1.54) is 0 Å². The Balaban J connectivity index is 2.45. The smallest absolute Gasteiger partial charge is 0.288 e. The van der Waals surface area contributed by atoms with Gasteiger partial charge in [0.2, 0.25) is 0 Å². The maximum Gasteiger partial charge on any atom is 0.288 e. The summed E-state index contributed by atoms with van der Waals surface area (Å²) < 4.78 is 29.4. The first kappa shape index (κ1) is 17.1. The highest BCUT2D eigenvalue weighted by Crippen LogP contribution is 2.26. The first-order valence-electron chi connectivity index (χ1n) is 6.09. The molecule has 112 valence electrons. The molecule has 1 N–H and O–H groups in total. The molecule has 0 radical (unpaired) electrons. The van der Waals surface area contributed by atoms with Gasteiger partial charge in [-0.25, -0.2) is 0 Å². The van der Waals surface area contributed by atoms with Gasteiger partial charge in [-0.2, -0.15) is 8.78 Å². The fraction of sp³-hybridized carbons (Fsp3) is 0.462. The average molecular weight is 320 g/mol. The summed E-state index contributed by atoms with van der Waals surface area (Å²) in [5, 5.41) is 3.66. The molecule has 0 heterocycles. The van der Waals surface area contributed by atoms with Gasteiger partial charge in [0.05, 0.1) is 0 Å². The fourth-order valence-electron chi connectivity index (χ4n) is 1.49. The fourth-order valence-corrected chi connectivity index (χ4v) is 2.19. The lowest BCUT2D eigenvalue weighted by Gasteiger charge is -2.21. The van der Waals surface area contributed by atoms with E-state index >= 15 is 0 Å². The van der Waals surface area contributed by atoms with Crippen molar-refractivity contribution >= 4 is 34.8 Å². The molecule has 0 spiro atoms. The van der Waals surface area contributed by atoms with Gasteiger partial charge >= 0.3 is 0 Å². The number of anilines is 1. The van der Waals surface area contributed by atoms with E-state index in [9.17, 15) is 8.78 Å². The average Bonchev–Trinajstić information content (AvgIpc) is 2.40. The monoisotopic (exact) mass is 320 g/mol. The van der Waals surface area contributed by atoms with E-state index in [0.717, 1.165) is 18.7 Å². The molecule has 1 rings (SSSR count). The molecule has 3 nitrogen and oxygen atoms in total. The van der Waals surface area contributed by atoms with Crippen molar-refractivity contribution in [1.82, 2.24) is 4.90 Å². The van der Waals surface area contributed by atoms with E-state index in [4.69, 9.17) is 17.0 Å². The number of thioether (sulfide) groups is 1. The number of methoxy groups -OCH3 is 1. The van der Waals surface area contributed by atoms with E-state index in [2.05, 4.69) is 5.32 Å².